The Morgan fingerprint density at radius 1 is 0.891 bits per heavy atom. The minimum absolute atomic E-state index is 0.0184. The van der Waals surface area contributed by atoms with Crippen molar-refractivity contribution in [2.45, 2.75) is 76.5 Å². The number of carbonyl (C=O) groups is 3. The molecule has 4 aromatic rings. The van der Waals surface area contributed by atoms with E-state index >= 15 is 0 Å². The molecule has 7 rings (SSSR count). The van der Waals surface area contributed by atoms with E-state index in [1.807, 2.05) is 103 Å². The van der Waals surface area contributed by atoms with E-state index < -0.39 is 24.3 Å². The third-order valence-corrected chi connectivity index (χ3v) is 11.0. The van der Waals surface area contributed by atoms with Crippen molar-refractivity contribution < 1.29 is 38.4 Å². The molecule has 3 aliphatic rings. The second-order valence-electron chi connectivity index (χ2n) is 14.6. The van der Waals surface area contributed by atoms with Gasteiger partial charge < -0.3 is 29.4 Å². The Bertz CT molecular complexity index is 1920. The van der Waals surface area contributed by atoms with Crippen molar-refractivity contribution in [3.8, 4) is 11.1 Å². The number of benzene rings is 4. The molecule has 0 aromatic heterocycles. The lowest BCUT2D eigenvalue weighted by Gasteiger charge is -2.43. The zero-order valence-electron chi connectivity index (χ0n) is 31.3. The Morgan fingerprint density at radius 2 is 1.62 bits per heavy atom. The molecule has 0 saturated carbocycles. The summed E-state index contributed by atoms with van der Waals surface area (Å²) in [5.74, 6) is -0.760. The zero-order valence-corrected chi connectivity index (χ0v) is 31.3. The lowest BCUT2D eigenvalue weighted by molar-refractivity contribution is -0.276. The Hall–Kier alpha value is -4.91. The standard InChI is InChI=1S/C44H49N3O8/c1-29-39(25-46-22-8-12-36(46)28-52-2)54-43(55-41(29)33-16-14-30(26-48)15-17-33)34-20-18-32(19-21-34)37-13-7-6-11-35(37)24-47-40(49)23-38(42(47)50)45-44(51)53-27-31-9-4-3-5-10-31/h3-7,9-11,13-21,29,36,38-39,41,43,48H,8,12,22-28H2,1-2H3,(H,45,51)/t29-,36+,38?,39+,41+,43+/m1/s1. The first-order valence-corrected chi connectivity index (χ1v) is 19.0. The number of likely N-dealkylation sites (tertiary alicyclic amines) is 2. The van der Waals surface area contributed by atoms with Crippen LogP contribution in [0, 0.1) is 5.92 Å². The highest BCUT2D eigenvalue weighted by Gasteiger charge is 2.42. The van der Waals surface area contributed by atoms with Gasteiger partial charge in [0.25, 0.3) is 5.91 Å². The van der Waals surface area contributed by atoms with E-state index in [9.17, 15) is 19.5 Å². The van der Waals surface area contributed by atoms with Gasteiger partial charge in [-0.1, -0.05) is 110 Å². The molecule has 288 valence electrons. The molecule has 1 unspecified atom stereocenters. The summed E-state index contributed by atoms with van der Waals surface area (Å²) in [4.78, 5) is 42.6. The summed E-state index contributed by atoms with van der Waals surface area (Å²) in [6, 6.07) is 32.3. The Labute approximate surface area is 322 Å². The summed E-state index contributed by atoms with van der Waals surface area (Å²) in [6.07, 6.45) is 0.422. The quantitative estimate of drug-likeness (QED) is 0.152. The van der Waals surface area contributed by atoms with Crippen LogP contribution >= 0.6 is 0 Å². The van der Waals surface area contributed by atoms with Crippen LogP contribution in [0.25, 0.3) is 11.1 Å². The molecular weight excluding hydrogens is 698 g/mol. The number of hydrogen-bond donors (Lipinski definition) is 2. The van der Waals surface area contributed by atoms with Gasteiger partial charge in [0, 0.05) is 31.2 Å². The van der Waals surface area contributed by atoms with E-state index in [4.69, 9.17) is 18.9 Å². The minimum Gasteiger partial charge on any atom is -0.445 e. The third-order valence-electron chi connectivity index (χ3n) is 11.0. The highest BCUT2D eigenvalue weighted by atomic mass is 16.7. The highest BCUT2D eigenvalue weighted by molar-refractivity contribution is 6.06. The molecule has 3 amide bonds. The number of aliphatic hydroxyl groups excluding tert-OH is 1. The number of nitrogens with zero attached hydrogens (tertiary/aromatic N) is 2. The first-order valence-electron chi connectivity index (χ1n) is 19.0. The minimum atomic E-state index is -0.989. The number of amides is 3. The van der Waals surface area contributed by atoms with Crippen molar-refractivity contribution in [1.82, 2.24) is 15.1 Å². The molecule has 6 atom stereocenters. The van der Waals surface area contributed by atoms with Gasteiger partial charge in [0.05, 0.1) is 38.4 Å². The van der Waals surface area contributed by atoms with Gasteiger partial charge in [-0.3, -0.25) is 19.4 Å². The number of nitrogens with one attached hydrogen (secondary N) is 1. The number of ether oxygens (including phenoxy) is 4. The average Bonchev–Trinajstić information content (AvgIpc) is 3.76. The number of imide groups is 1. The molecule has 11 nitrogen and oxygen atoms in total. The van der Waals surface area contributed by atoms with E-state index in [0.29, 0.717) is 12.6 Å². The number of aliphatic hydroxyl groups is 1. The van der Waals surface area contributed by atoms with Crippen LogP contribution in [0.15, 0.2) is 103 Å². The van der Waals surface area contributed by atoms with Gasteiger partial charge in [0.2, 0.25) is 5.91 Å². The van der Waals surface area contributed by atoms with Gasteiger partial charge in [-0.05, 0) is 52.8 Å². The summed E-state index contributed by atoms with van der Waals surface area (Å²) in [6.45, 7) is 4.75. The second-order valence-corrected chi connectivity index (χ2v) is 14.6. The van der Waals surface area contributed by atoms with Crippen LogP contribution in [-0.4, -0.2) is 77.8 Å². The van der Waals surface area contributed by atoms with Crippen LogP contribution in [0.2, 0.25) is 0 Å². The average molecular weight is 748 g/mol. The van der Waals surface area contributed by atoms with Crippen molar-refractivity contribution >= 4 is 17.9 Å². The summed E-state index contributed by atoms with van der Waals surface area (Å²) < 4.78 is 24.3. The largest absolute Gasteiger partial charge is 0.445 e. The van der Waals surface area contributed by atoms with Crippen molar-refractivity contribution in [1.29, 1.82) is 0 Å². The molecule has 0 spiro atoms. The zero-order chi connectivity index (χ0) is 38.3. The van der Waals surface area contributed by atoms with Crippen molar-refractivity contribution in [3.63, 3.8) is 0 Å². The summed E-state index contributed by atoms with van der Waals surface area (Å²) in [5, 5.41) is 12.2. The van der Waals surface area contributed by atoms with Gasteiger partial charge in [-0.25, -0.2) is 4.79 Å². The molecule has 0 aliphatic carbocycles. The summed E-state index contributed by atoms with van der Waals surface area (Å²) in [5.41, 5.74) is 6.17. The van der Waals surface area contributed by atoms with E-state index in [2.05, 4.69) is 17.1 Å². The van der Waals surface area contributed by atoms with Crippen molar-refractivity contribution in [2.75, 3.05) is 26.8 Å². The van der Waals surface area contributed by atoms with Gasteiger partial charge in [-0.2, -0.15) is 0 Å². The van der Waals surface area contributed by atoms with Crippen LogP contribution in [-0.2, 0) is 48.3 Å². The predicted molar refractivity (Wildman–Crippen MR) is 205 cm³/mol. The Balaban J connectivity index is 1.05. The fraction of sp³-hybridized carbons (Fsp3) is 0.386. The Kier molecular flexibility index (Phi) is 12.3. The molecule has 0 bridgehead atoms. The van der Waals surface area contributed by atoms with E-state index in [-0.39, 0.29) is 50.2 Å². The van der Waals surface area contributed by atoms with Gasteiger partial charge in [0.1, 0.15) is 12.6 Å². The predicted octanol–water partition coefficient (Wildman–Crippen LogP) is 6.30. The molecule has 55 heavy (non-hydrogen) atoms. The van der Waals surface area contributed by atoms with Crippen LogP contribution in [0.3, 0.4) is 0 Å². The third kappa shape index (κ3) is 8.98. The SMILES string of the molecule is COC[C@@H]1CCCN1C[C@@H]1O[C@H](c2ccc(-c3ccccc3CN3C(=O)CC(NC(=O)OCc4ccccc4)C3=O)cc2)O[C@H](c2ccc(CO)cc2)[C@@H]1C. The fourth-order valence-electron chi connectivity index (χ4n) is 7.87. The normalized spacial score (nSPS) is 24.3. The molecule has 4 aromatic carbocycles. The lowest BCUT2D eigenvalue weighted by Crippen LogP contribution is -2.46. The second kappa shape index (κ2) is 17.7. The molecule has 3 heterocycles. The number of carbonyl (C=O) groups excluding carboxylic acids is 3. The van der Waals surface area contributed by atoms with Gasteiger partial charge >= 0.3 is 6.09 Å². The van der Waals surface area contributed by atoms with Gasteiger partial charge in [-0.15, -0.1) is 0 Å². The molecular formula is C44H49N3O8. The van der Waals surface area contributed by atoms with Crippen molar-refractivity contribution in [3.05, 3.63) is 131 Å². The number of hydrogen-bond acceptors (Lipinski definition) is 9. The molecule has 3 fully saturated rings. The number of rotatable bonds is 13. The maximum Gasteiger partial charge on any atom is 0.408 e. The molecule has 11 heteroatoms. The topological polar surface area (TPSA) is 127 Å². The van der Waals surface area contributed by atoms with E-state index in [1.54, 1.807) is 7.11 Å². The molecule has 0 radical (unpaired) electrons. The van der Waals surface area contributed by atoms with Crippen LogP contribution in [0.5, 0.6) is 0 Å². The smallest absolute Gasteiger partial charge is 0.408 e. The van der Waals surface area contributed by atoms with Crippen LogP contribution in [0.4, 0.5) is 4.79 Å². The Morgan fingerprint density at radius 3 is 2.36 bits per heavy atom. The molecule has 3 aliphatic heterocycles. The monoisotopic (exact) mass is 747 g/mol. The first kappa shape index (κ1) is 38.4. The maximum absolute atomic E-state index is 13.4. The van der Waals surface area contributed by atoms with Crippen LogP contribution in [0.1, 0.15) is 66.4 Å². The first-order chi connectivity index (χ1) is 26.8. The van der Waals surface area contributed by atoms with E-state index in [1.165, 1.54) is 4.90 Å². The molecule has 3 saturated heterocycles. The lowest BCUT2D eigenvalue weighted by atomic mass is 9.89. The van der Waals surface area contributed by atoms with Gasteiger partial charge in [0.15, 0.2) is 6.29 Å². The number of methoxy groups -OCH3 is 1. The summed E-state index contributed by atoms with van der Waals surface area (Å²) in [7, 11) is 1.75. The van der Waals surface area contributed by atoms with Crippen molar-refractivity contribution in [2.24, 2.45) is 5.92 Å². The molecule has 2 N–H and O–H groups in total. The van der Waals surface area contributed by atoms with Crippen LogP contribution < -0.4 is 5.32 Å². The highest BCUT2D eigenvalue weighted by Crippen LogP contribution is 2.43. The van der Waals surface area contributed by atoms with E-state index in [0.717, 1.165) is 64.9 Å². The number of alkyl carbamates (subject to hydrolysis) is 1. The fourth-order valence-corrected chi connectivity index (χ4v) is 7.87. The summed E-state index contributed by atoms with van der Waals surface area (Å²) >= 11 is 0. The maximum atomic E-state index is 13.4.